The highest BCUT2D eigenvalue weighted by Gasteiger charge is 2.21. The average molecular weight is 404 g/mol. The fraction of sp³-hybridized carbons (Fsp3) is 0.550. The van der Waals surface area contributed by atoms with Crippen LogP contribution in [0.3, 0.4) is 0 Å². The predicted molar refractivity (Wildman–Crippen MR) is 115 cm³/mol. The smallest absolute Gasteiger partial charge is 0.194 e. The lowest BCUT2D eigenvalue weighted by Crippen LogP contribution is -2.52. The van der Waals surface area contributed by atoms with Gasteiger partial charge >= 0.3 is 0 Å². The molecule has 1 N–H and O–H groups in total. The van der Waals surface area contributed by atoms with Crippen LogP contribution in [0.15, 0.2) is 29.3 Å². The van der Waals surface area contributed by atoms with Gasteiger partial charge in [0.15, 0.2) is 11.8 Å². The number of aromatic nitrogens is 3. The van der Waals surface area contributed by atoms with Gasteiger partial charge in [0.1, 0.15) is 12.4 Å². The number of piperazine rings is 1. The maximum Gasteiger partial charge on any atom is 0.194 e. The summed E-state index contributed by atoms with van der Waals surface area (Å²) in [4.78, 5) is 9.51. The van der Waals surface area contributed by atoms with E-state index in [0.717, 1.165) is 73.9 Å². The largest absolute Gasteiger partial charge is 0.367 e. The van der Waals surface area contributed by atoms with E-state index in [1.165, 1.54) is 0 Å². The lowest BCUT2D eigenvalue weighted by Gasteiger charge is -2.38. The van der Waals surface area contributed by atoms with Crippen LogP contribution in [0, 0.1) is 6.92 Å². The van der Waals surface area contributed by atoms with Gasteiger partial charge in [0.05, 0.1) is 10.7 Å². The molecule has 1 aliphatic heterocycles. The molecule has 1 aromatic carbocycles. The number of guanidine groups is 1. The van der Waals surface area contributed by atoms with Gasteiger partial charge in [-0.25, -0.2) is 4.99 Å². The molecule has 0 radical (unpaired) electrons. The summed E-state index contributed by atoms with van der Waals surface area (Å²) in [5, 5.41) is 12.7. The quantitative estimate of drug-likeness (QED) is 0.456. The highest BCUT2D eigenvalue weighted by atomic mass is 35.5. The highest BCUT2D eigenvalue weighted by Crippen LogP contribution is 2.26. The minimum absolute atomic E-state index is 0.524. The minimum atomic E-state index is 0.524. The van der Waals surface area contributed by atoms with Crippen molar-refractivity contribution in [1.82, 2.24) is 25.0 Å². The van der Waals surface area contributed by atoms with Gasteiger partial charge in [-0.15, -0.1) is 10.2 Å². The molecular weight excluding hydrogens is 374 g/mol. The van der Waals surface area contributed by atoms with Gasteiger partial charge in [-0.3, -0.25) is 0 Å². The number of nitrogens with one attached hydrogen (secondary N) is 1. The summed E-state index contributed by atoms with van der Waals surface area (Å²) in [5.41, 5.74) is 1.11. The molecule has 0 saturated carbocycles. The van der Waals surface area contributed by atoms with Crippen LogP contribution in [-0.4, -0.2) is 58.3 Å². The number of halogens is 1. The Hall–Kier alpha value is -2.28. The van der Waals surface area contributed by atoms with Crippen molar-refractivity contribution in [2.45, 2.75) is 33.2 Å². The summed E-state index contributed by atoms with van der Waals surface area (Å²) < 4.78 is 1.99. The first kappa shape index (κ1) is 20.5. The van der Waals surface area contributed by atoms with E-state index in [4.69, 9.17) is 16.6 Å². The summed E-state index contributed by atoms with van der Waals surface area (Å²) in [6.07, 6.45) is 2.28. The average Bonchev–Trinajstić information content (AvgIpc) is 3.03. The monoisotopic (exact) mass is 403 g/mol. The number of unbranched alkanes of at least 4 members (excludes halogenated alkanes) is 1. The maximum atomic E-state index is 6.37. The number of rotatable bonds is 6. The van der Waals surface area contributed by atoms with E-state index in [2.05, 4.69) is 38.3 Å². The molecule has 2 aromatic rings. The third kappa shape index (κ3) is 4.95. The van der Waals surface area contributed by atoms with Crippen molar-refractivity contribution in [3.63, 3.8) is 0 Å². The van der Waals surface area contributed by atoms with Crippen molar-refractivity contribution in [1.29, 1.82) is 0 Å². The number of nitrogens with zero attached hydrogens (tertiary/aromatic N) is 6. The van der Waals surface area contributed by atoms with Crippen molar-refractivity contribution in [3.05, 3.63) is 40.9 Å². The zero-order valence-corrected chi connectivity index (χ0v) is 17.8. The Morgan fingerprint density at radius 2 is 1.93 bits per heavy atom. The zero-order chi connectivity index (χ0) is 19.9. The number of para-hydroxylation sites is 1. The summed E-state index contributed by atoms with van der Waals surface area (Å²) in [6.45, 7) is 9.25. The molecule has 0 spiro atoms. The second kappa shape index (κ2) is 9.78. The van der Waals surface area contributed by atoms with E-state index < -0.39 is 0 Å². The van der Waals surface area contributed by atoms with Gasteiger partial charge in [-0.1, -0.05) is 37.1 Å². The number of benzene rings is 1. The molecule has 152 valence electrons. The van der Waals surface area contributed by atoms with Crippen LogP contribution in [0.2, 0.25) is 5.02 Å². The predicted octanol–water partition coefficient (Wildman–Crippen LogP) is 2.84. The number of hydrogen-bond acceptors (Lipinski definition) is 4. The normalized spacial score (nSPS) is 15.2. The topological polar surface area (TPSA) is 61.6 Å². The summed E-state index contributed by atoms with van der Waals surface area (Å²) in [6, 6.07) is 8.04. The molecule has 28 heavy (non-hydrogen) atoms. The van der Waals surface area contributed by atoms with Crippen LogP contribution in [-0.2, 0) is 13.6 Å². The van der Waals surface area contributed by atoms with Gasteiger partial charge in [0.25, 0.3) is 0 Å². The summed E-state index contributed by atoms with van der Waals surface area (Å²) in [7, 11) is 1.98. The van der Waals surface area contributed by atoms with Crippen molar-refractivity contribution in [2.24, 2.45) is 12.0 Å². The van der Waals surface area contributed by atoms with Crippen molar-refractivity contribution >= 4 is 23.2 Å². The van der Waals surface area contributed by atoms with E-state index in [-0.39, 0.29) is 0 Å². The first-order valence-corrected chi connectivity index (χ1v) is 10.4. The molecule has 1 aliphatic rings. The van der Waals surface area contributed by atoms with Gasteiger partial charge in [0, 0.05) is 39.8 Å². The van der Waals surface area contributed by atoms with E-state index in [1.807, 2.05) is 36.7 Å². The Morgan fingerprint density at radius 3 is 2.57 bits per heavy atom. The highest BCUT2D eigenvalue weighted by molar-refractivity contribution is 6.33. The lowest BCUT2D eigenvalue weighted by atomic mass is 10.2. The third-order valence-corrected chi connectivity index (χ3v) is 5.46. The molecule has 0 amide bonds. The molecule has 3 rings (SSSR count). The molecule has 0 unspecified atom stereocenters. The van der Waals surface area contributed by atoms with Crippen LogP contribution in [0.4, 0.5) is 5.69 Å². The first-order chi connectivity index (χ1) is 13.6. The second-order valence-corrected chi connectivity index (χ2v) is 7.48. The standard InChI is InChI=1S/C20H30ClN7/c1-4-5-10-22-20(23-15-19-25-24-16(2)26(19)3)28-13-11-27(12-14-28)18-9-7-6-8-17(18)21/h6-9H,4-5,10-15H2,1-3H3,(H,22,23). The van der Waals surface area contributed by atoms with E-state index in [1.54, 1.807) is 0 Å². The Bertz CT molecular complexity index is 794. The second-order valence-electron chi connectivity index (χ2n) is 7.07. The van der Waals surface area contributed by atoms with Crippen LogP contribution < -0.4 is 10.2 Å². The number of aliphatic imine (C=N–C) groups is 1. The fourth-order valence-electron chi connectivity index (χ4n) is 3.25. The molecule has 0 atom stereocenters. The van der Waals surface area contributed by atoms with Gasteiger partial charge in [0.2, 0.25) is 0 Å². The summed E-state index contributed by atoms with van der Waals surface area (Å²) >= 11 is 6.37. The minimum Gasteiger partial charge on any atom is -0.367 e. The maximum absolute atomic E-state index is 6.37. The Labute approximate surface area is 172 Å². The van der Waals surface area contributed by atoms with Crippen LogP contribution >= 0.6 is 11.6 Å². The first-order valence-electron chi connectivity index (χ1n) is 9.97. The van der Waals surface area contributed by atoms with E-state index in [0.29, 0.717) is 6.54 Å². The molecule has 7 nitrogen and oxygen atoms in total. The molecule has 2 heterocycles. The molecule has 8 heteroatoms. The van der Waals surface area contributed by atoms with Gasteiger partial charge in [-0.2, -0.15) is 0 Å². The third-order valence-electron chi connectivity index (χ3n) is 5.14. The molecular formula is C20H30ClN7. The number of aryl methyl sites for hydroxylation is 1. The van der Waals surface area contributed by atoms with E-state index >= 15 is 0 Å². The Balaban J connectivity index is 1.66. The van der Waals surface area contributed by atoms with Crippen LogP contribution in [0.1, 0.15) is 31.4 Å². The Morgan fingerprint density at radius 1 is 1.18 bits per heavy atom. The molecule has 1 aromatic heterocycles. The van der Waals surface area contributed by atoms with Gasteiger partial charge in [-0.05, 0) is 25.5 Å². The molecule has 1 saturated heterocycles. The molecule has 0 aliphatic carbocycles. The SMILES string of the molecule is CCCCNC(=NCc1nnc(C)n1C)N1CCN(c2ccccc2Cl)CC1. The van der Waals surface area contributed by atoms with Crippen LogP contribution in [0.25, 0.3) is 0 Å². The number of hydrogen-bond donors (Lipinski definition) is 1. The molecule has 1 fully saturated rings. The fourth-order valence-corrected chi connectivity index (χ4v) is 3.50. The molecule has 0 bridgehead atoms. The van der Waals surface area contributed by atoms with Crippen molar-refractivity contribution in [3.8, 4) is 0 Å². The van der Waals surface area contributed by atoms with Gasteiger partial charge < -0.3 is 19.7 Å². The zero-order valence-electron chi connectivity index (χ0n) is 17.0. The van der Waals surface area contributed by atoms with Crippen molar-refractivity contribution in [2.75, 3.05) is 37.6 Å². The lowest BCUT2D eigenvalue weighted by molar-refractivity contribution is 0.371. The van der Waals surface area contributed by atoms with Crippen molar-refractivity contribution < 1.29 is 0 Å². The summed E-state index contributed by atoms with van der Waals surface area (Å²) in [5.74, 6) is 2.73. The number of anilines is 1. The Kier molecular flexibility index (Phi) is 7.14. The van der Waals surface area contributed by atoms with E-state index in [9.17, 15) is 0 Å². The van der Waals surface area contributed by atoms with Crippen LogP contribution in [0.5, 0.6) is 0 Å².